The number of aliphatic hydroxyl groups is 1. The Morgan fingerprint density at radius 2 is 2.12 bits per heavy atom. The van der Waals surface area contributed by atoms with Crippen LogP contribution < -0.4 is 10.6 Å². The first-order chi connectivity index (χ1) is 12.2. The Kier molecular flexibility index (Phi) is 7.08. The van der Waals surface area contributed by atoms with E-state index in [2.05, 4.69) is 27.2 Å². The molecule has 2 atom stereocenters. The lowest BCUT2D eigenvalue weighted by molar-refractivity contribution is -0.329. The van der Waals surface area contributed by atoms with Gasteiger partial charge in [0, 0.05) is 31.2 Å². The van der Waals surface area contributed by atoms with Gasteiger partial charge in [0.05, 0.1) is 0 Å². The fourth-order valence-electron chi connectivity index (χ4n) is 2.70. The molecule has 2 rings (SSSR count). The van der Waals surface area contributed by atoms with Gasteiger partial charge in [0.2, 0.25) is 0 Å². The Hall–Kier alpha value is -2.02. The quantitative estimate of drug-likeness (QED) is 0.658. The van der Waals surface area contributed by atoms with Gasteiger partial charge in [-0.3, -0.25) is 9.64 Å². The van der Waals surface area contributed by atoms with Gasteiger partial charge in [-0.05, 0) is 38.0 Å². The minimum absolute atomic E-state index is 0.0239. The van der Waals surface area contributed by atoms with Crippen LogP contribution in [0, 0.1) is 11.8 Å². The molecule has 1 saturated heterocycles. The average molecular weight is 373 g/mol. The maximum absolute atomic E-state index is 12.3. The molecule has 0 aromatic heterocycles. The van der Waals surface area contributed by atoms with Crippen molar-refractivity contribution in [3.63, 3.8) is 0 Å². The van der Waals surface area contributed by atoms with Crippen LogP contribution in [0.3, 0.4) is 0 Å². The zero-order chi connectivity index (χ0) is 19.2. The number of nitrogens with one attached hydrogen (secondary N) is 2. The molecule has 0 saturated carbocycles. The van der Waals surface area contributed by atoms with Crippen LogP contribution in [0.15, 0.2) is 23.9 Å². The van der Waals surface area contributed by atoms with Crippen molar-refractivity contribution in [2.24, 2.45) is 0 Å². The molecular formula is C17H22F3N3O3. The number of likely N-dealkylation sites (tertiary alicyclic amines) is 1. The van der Waals surface area contributed by atoms with E-state index in [1.54, 1.807) is 13.0 Å². The summed E-state index contributed by atoms with van der Waals surface area (Å²) in [6, 6.07) is -0.456. The van der Waals surface area contributed by atoms with Crippen LogP contribution in [0.25, 0.3) is 0 Å². The number of rotatable bonds is 4. The first kappa shape index (κ1) is 20.3. The Labute approximate surface area is 150 Å². The number of hydrogen-bond donors (Lipinski definition) is 3. The van der Waals surface area contributed by atoms with Crippen molar-refractivity contribution in [3.8, 4) is 11.8 Å². The van der Waals surface area contributed by atoms with Gasteiger partial charge < -0.3 is 15.7 Å². The van der Waals surface area contributed by atoms with Crippen molar-refractivity contribution in [3.05, 3.63) is 23.9 Å². The first-order valence-corrected chi connectivity index (χ1v) is 8.34. The normalized spacial score (nSPS) is 26.3. The van der Waals surface area contributed by atoms with Crippen molar-refractivity contribution >= 4 is 6.03 Å². The van der Waals surface area contributed by atoms with E-state index < -0.39 is 24.7 Å². The minimum atomic E-state index is -4.78. The molecule has 1 aliphatic heterocycles. The lowest BCUT2D eigenvalue weighted by Gasteiger charge is -2.33. The summed E-state index contributed by atoms with van der Waals surface area (Å²) in [5.41, 5.74) is 0.355. The second kappa shape index (κ2) is 9.07. The number of carbonyl (C=O) groups excluding carboxylic acids is 1. The summed E-state index contributed by atoms with van der Waals surface area (Å²) in [5.74, 6) is 4.91. The third-order valence-corrected chi connectivity index (χ3v) is 4.03. The molecule has 1 heterocycles. The molecule has 9 heteroatoms. The number of allylic oxidation sites excluding steroid dienone is 2. The lowest BCUT2D eigenvalue weighted by atomic mass is 10.1. The molecule has 3 N–H and O–H groups in total. The maximum Gasteiger partial charge on any atom is 0.524 e. The predicted molar refractivity (Wildman–Crippen MR) is 88.5 cm³/mol. The van der Waals surface area contributed by atoms with Gasteiger partial charge >= 0.3 is 12.4 Å². The summed E-state index contributed by atoms with van der Waals surface area (Å²) in [5, 5.41) is 15.0. The third-order valence-electron chi connectivity index (χ3n) is 4.03. The fourth-order valence-corrected chi connectivity index (χ4v) is 2.70. The van der Waals surface area contributed by atoms with E-state index in [0.29, 0.717) is 31.6 Å². The Morgan fingerprint density at radius 3 is 2.73 bits per heavy atom. The SMILES string of the molecule is CC(O)N1CCC(NC(=O)NC2=C/CC#CC(OC(F)(F)F)/C=C\2)CC1. The largest absolute Gasteiger partial charge is 0.524 e. The molecule has 2 aliphatic rings. The van der Waals surface area contributed by atoms with E-state index >= 15 is 0 Å². The first-order valence-electron chi connectivity index (χ1n) is 8.34. The molecule has 0 radical (unpaired) electrons. The average Bonchev–Trinajstić information content (AvgIpc) is 2.52. The molecule has 0 aromatic rings. The summed E-state index contributed by atoms with van der Waals surface area (Å²) in [4.78, 5) is 14.0. The monoisotopic (exact) mass is 373 g/mol. The Balaban J connectivity index is 1.83. The summed E-state index contributed by atoms with van der Waals surface area (Å²) in [7, 11) is 0. The van der Waals surface area contributed by atoms with Crippen LogP contribution in [0.1, 0.15) is 26.2 Å². The molecule has 2 amide bonds. The maximum atomic E-state index is 12.3. The Morgan fingerprint density at radius 1 is 1.42 bits per heavy atom. The second-order valence-electron chi connectivity index (χ2n) is 6.07. The van der Waals surface area contributed by atoms with Gasteiger partial charge in [0.15, 0.2) is 0 Å². The molecule has 1 aliphatic carbocycles. The smallest absolute Gasteiger partial charge is 0.379 e. The number of piperidine rings is 1. The van der Waals surface area contributed by atoms with Crippen LogP contribution in [0.5, 0.6) is 0 Å². The van der Waals surface area contributed by atoms with Gasteiger partial charge in [-0.15, -0.1) is 13.2 Å². The number of urea groups is 1. The zero-order valence-electron chi connectivity index (χ0n) is 14.3. The summed E-state index contributed by atoms with van der Waals surface area (Å²) >= 11 is 0. The van der Waals surface area contributed by atoms with Gasteiger partial charge in [-0.1, -0.05) is 11.8 Å². The van der Waals surface area contributed by atoms with Crippen molar-refractivity contribution in [1.29, 1.82) is 0 Å². The number of aliphatic hydroxyl groups excluding tert-OH is 1. The van der Waals surface area contributed by atoms with Crippen LogP contribution in [-0.2, 0) is 4.74 Å². The minimum Gasteiger partial charge on any atom is -0.379 e. The van der Waals surface area contributed by atoms with E-state index in [9.17, 15) is 23.1 Å². The van der Waals surface area contributed by atoms with Crippen LogP contribution in [-0.4, -0.2) is 53.9 Å². The van der Waals surface area contributed by atoms with Gasteiger partial charge in [0.1, 0.15) is 12.3 Å². The van der Waals surface area contributed by atoms with E-state index in [0.717, 1.165) is 6.08 Å². The summed E-state index contributed by atoms with van der Waals surface area (Å²) in [6.45, 7) is 3.06. The lowest BCUT2D eigenvalue weighted by Crippen LogP contribution is -2.49. The van der Waals surface area contributed by atoms with Crippen molar-refractivity contribution in [1.82, 2.24) is 15.5 Å². The van der Waals surface area contributed by atoms with Crippen LogP contribution in [0.4, 0.5) is 18.0 Å². The molecule has 0 aromatic carbocycles. The number of ether oxygens (including phenoxy) is 1. The van der Waals surface area contributed by atoms with E-state index in [-0.39, 0.29) is 12.5 Å². The van der Waals surface area contributed by atoms with E-state index in [4.69, 9.17) is 0 Å². The number of halogens is 3. The number of nitrogens with zero attached hydrogens (tertiary/aromatic N) is 1. The van der Waals surface area contributed by atoms with Gasteiger partial charge in [0.25, 0.3) is 0 Å². The van der Waals surface area contributed by atoms with Crippen molar-refractivity contribution < 1.29 is 27.8 Å². The molecule has 1 fully saturated rings. The second-order valence-corrected chi connectivity index (χ2v) is 6.07. The van der Waals surface area contributed by atoms with Crippen molar-refractivity contribution in [2.75, 3.05) is 13.1 Å². The van der Waals surface area contributed by atoms with E-state index in [1.807, 2.05) is 4.90 Å². The third kappa shape index (κ3) is 7.07. The number of carbonyl (C=O) groups is 1. The molecule has 2 unspecified atom stereocenters. The van der Waals surface area contributed by atoms with Gasteiger partial charge in [-0.25, -0.2) is 4.79 Å². The molecule has 144 valence electrons. The molecular weight excluding hydrogens is 351 g/mol. The number of alkyl halides is 3. The van der Waals surface area contributed by atoms with Crippen LogP contribution in [0.2, 0.25) is 0 Å². The number of hydrogen-bond acceptors (Lipinski definition) is 4. The number of amides is 2. The zero-order valence-corrected chi connectivity index (χ0v) is 14.3. The Bertz CT molecular complexity index is 612. The molecule has 0 spiro atoms. The van der Waals surface area contributed by atoms with Gasteiger partial charge in [-0.2, -0.15) is 0 Å². The summed E-state index contributed by atoms with van der Waals surface area (Å²) in [6.07, 6.45) is -0.977. The van der Waals surface area contributed by atoms with Crippen LogP contribution >= 0.6 is 0 Å². The highest BCUT2D eigenvalue weighted by molar-refractivity contribution is 5.76. The predicted octanol–water partition coefficient (Wildman–Crippen LogP) is 1.84. The standard InChI is InChI=1S/C17H22F3N3O3/c1-12(24)23-10-8-14(9-11-23)22-16(25)21-13-4-2-3-5-15(7-6-13)26-17(18,19)20/h4,6-7,12,14-15,24H,2,8-11H2,1H3,(H2,21,22,25)/b7-6-,13-4+. The molecule has 26 heavy (non-hydrogen) atoms. The fraction of sp³-hybridized carbons (Fsp3) is 0.588. The highest BCUT2D eigenvalue weighted by Gasteiger charge is 2.32. The molecule has 0 bridgehead atoms. The highest BCUT2D eigenvalue weighted by Crippen LogP contribution is 2.19. The molecule has 6 nitrogen and oxygen atoms in total. The van der Waals surface area contributed by atoms with Crippen molar-refractivity contribution in [2.45, 2.75) is 50.9 Å². The topological polar surface area (TPSA) is 73.8 Å². The van der Waals surface area contributed by atoms with E-state index in [1.165, 1.54) is 6.08 Å². The summed E-state index contributed by atoms with van der Waals surface area (Å²) < 4.78 is 40.7. The highest BCUT2D eigenvalue weighted by atomic mass is 19.4.